The first kappa shape index (κ1) is 13.3. The van der Waals surface area contributed by atoms with Gasteiger partial charge in [-0.15, -0.1) is 4.48 Å². The Morgan fingerprint density at radius 3 is 2.47 bits per heavy atom. The number of aliphatic carboxylic acids is 1. The minimum Gasteiger partial charge on any atom is -0.478 e. The van der Waals surface area contributed by atoms with Crippen molar-refractivity contribution < 1.29 is 23.2 Å². The van der Waals surface area contributed by atoms with Crippen molar-refractivity contribution >= 4 is 11.7 Å². The van der Waals surface area contributed by atoms with Crippen molar-refractivity contribution in [2.75, 3.05) is 5.01 Å². The molecule has 1 N–H and O–H groups in total. The molecule has 0 amide bonds. The zero-order chi connectivity index (χ0) is 14.2. The third kappa shape index (κ3) is 1.91. The molecule has 2 heterocycles. The number of carbonyl (C=O) groups is 1. The van der Waals surface area contributed by atoms with E-state index in [0.717, 1.165) is 18.7 Å². The smallest absolute Gasteiger partial charge is 0.383 e. The number of halogens is 3. The van der Waals surface area contributed by atoms with Gasteiger partial charge in [0.15, 0.2) is 0 Å². The Morgan fingerprint density at radius 1 is 1.42 bits per heavy atom. The van der Waals surface area contributed by atoms with E-state index in [1.54, 1.807) is 0 Å². The van der Waals surface area contributed by atoms with Gasteiger partial charge in [0.25, 0.3) is 0 Å². The van der Waals surface area contributed by atoms with Crippen molar-refractivity contribution in [2.24, 2.45) is 0 Å². The molecule has 0 radical (unpaired) electrons. The van der Waals surface area contributed by atoms with Crippen LogP contribution in [0.5, 0.6) is 0 Å². The monoisotopic (exact) mass is 274 g/mol. The van der Waals surface area contributed by atoms with Gasteiger partial charge in [-0.1, -0.05) is 6.92 Å². The third-order valence-corrected chi connectivity index (χ3v) is 2.59. The molecule has 2 rings (SSSR count). The lowest BCUT2D eigenvalue weighted by atomic mass is 10.1. The number of aromatic nitrogens is 2. The van der Waals surface area contributed by atoms with Crippen LogP contribution in [0.4, 0.5) is 18.9 Å². The number of anilines is 1. The second-order valence-corrected chi connectivity index (χ2v) is 3.69. The molecule has 0 atom stereocenters. The summed E-state index contributed by atoms with van der Waals surface area (Å²) >= 11 is 0. The van der Waals surface area contributed by atoms with Gasteiger partial charge < -0.3 is 5.11 Å². The van der Waals surface area contributed by atoms with E-state index in [2.05, 4.69) is 9.97 Å². The van der Waals surface area contributed by atoms with Gasteiger partial charge in [0.2, 0.25) is 0 Å². The molecule has 9 heteroatoms. The highest BCUT2D eigenvalue weighted by Crippen LogP contribution is 2.44. The Hall–Kier alpha value is -2.16. The molecule has 0 fully saturated rings. The van der Waals surface area contributed by atoms with Crippen molar-refractivity contribution in [3.05, 3.63) is 30.0 Å². The van der Waals surface area contributed by atoms with Crippen LogP contribution in [-0.4, -0.2) is 32.3 Å². The zero-order valence-corrected chi connectivity index (χ0v) is 9.72. The van der Waals surface area contributed by atoms with Crippen LogP contribution < -0.4 is 5.01 Å². The van der Waals surface area contributed by atoms with Crippen molar-refractivity contribution in [3.63, 3.8) is 0 Å². The molecule has 0 saturated carbocycles. The first-order valence-electron chi connectivity index (χ1n) is 5.27. The molecule has 1 aromatic rings. The SMILES string of the molecule is CCC1=C(C(=O)O)C(F)(F)N(F)N1c1cncnc1. The Labute approximate surface area is 105 Å². The van der Waals surface area contributed by atoms with E-state index in [9.17, 15) is 18.1 Å². The number of hydrazine groups is 1. The van der Waals surface area contributed by atoms with E-state index in [0.29, 0.717) is 5.01 Å². The van der Waals surface area contributed by atoms with Gasteiger partial charge in [-0.05, 0) is 6.42 Å². The van der Waals surface area contributed by atoms with Crippen LogP contribution in [0, 0.1) is 0 Å². The van der Waals surface area contributed by atoms with E-state index in [4.69, 9.17) is 5.11 Å². The summed E-state index contributed by atoms with van der Waals surface area (Å²) in [6.45, 7) is 1.45. The standard InChI is InChI=1S/C10H9F3N4O2/c1-2-7-8(9(18)19)10(11,12)17(13)16(7)6-3-14-5-15-4-6/h3-5H,2H2,1H3,(H,18,19). The first-order chi connectivity index (χ1) is 8.91. The summed E-state index contributed by atoms with van der Waals surface area (Å²) in [7, 11) is 0. The first-order valence-corrected chi connectivity index (χ1v) is 5.27. The summed E-state index contributed by atoms with van der Waals surface area (Å²) < 4.78 is 41.1. The lowest BCUT2D eigenvalue weighted by Crippen LogP contribution is -2.42. The van der Waals surface area contributed by atoms with Crippen molar-refractivity contribution in [2.45, 2.75) is 19.4 Å². The Morgan fingerprint density at radius 2 is 2.00 bits per heavy atom. The van der Waals surface area contributed by atoms with Crippen LogP contribution in [-0.2, 0) is 4.79 Å². The predicted molar refractivity (Wildman–Crippen MR) is 57.4 cm³/mol. The average molecular weight is 274 g/mol. The molecule has 1 aliphatic rings. The fraction of sp³-hybridized carbons (Fsp3) is 0.300. The maximum Gasteiger partial charge on any atom is 0.383 e. The highest BCUT2D eigenvalue weighted by Gasteiger charge is 2.57. The van der Waals surface area contributed by atoms with Crippen molar-refractivity contribution in [1.82, 2.24) is 15.2 Å². The molecule has 0 saturated heterocycles. The summed E-state index contributed by atoms with van der Waals surface area (Å²) in [6.07, 6.45) is 3.27. The summed E-state index contributed by atoms with van der Waals surface area (Å²) in [5.41, 5.74) is -1.73. The molecule has 0 unspecified atom stereocenters. The summed E-state index contributed by atoms with van der Waals surface area (Å²) in [5, 5.41) is 8.38. The summed E-state index contributed by atoms with van der Waals surface area (Å²) in [4.78, 5) is 18.1. The van der Waals surface area contributed by atoms with Crippen LogP contribution >= 0.6 is 0 Å². The number of allylic oxidation sites excluding steroid dienone is 1. The molecule has 1 aromatic heterocycles. The van der Waals surface area contributed by atoms with Crippen LogP contribution in [0.2, 0.25) is 0 Å². The maximum absolute atomic E-state index is 13.7. The zero-order valence-electron chi connectivity index (χ0n) is 9.72. The highest BCUT2D eigenvalue weighted by molar-refractivity contribution is 5.91. The third-order valence-electron chi connectivity index (χ3n) is 2.59. The summed E-state index contributed by atoms with van der Waals surface area (Å²) in [6, 6.07) is -4.24. The molecule has 0 bridgehead atoms. The quantitative estimate of drug-likeness (QED) is 0.668. The summed E-state index contributed by atoms with van der Waals surface area (Å²) in [5.74, 6) is -1.87. The van der Waals surface area contributed by atoms with Crippen LogP contribution in [0.15, 0.2) is 30.0 Å². The average Bonchev–Trinajstić information content (AvgIpc) is 2.58. The lowest BCUT2D eigenvalue weighted by Gasteiger charge is -2.25. The van der Waals surface area contributed by atoms with Crippen LogP contribution in [0.25, 0.3) is 0 Å². The lowest BCUT2D eigenvalue weighted by molar-refractivity contribution is -0.204. The molecule has 0 aliphatic carbocycles. The minimum absolute atomic E-state index is 0.0854. The van der Waals surface area contributed by atoms with Gasteiger partial charge >= 0.3 is 12.0 Å². The number of nitrogens with zero attached hydrogens (tertiary/aromatic N) is 4. The molecule has 0 aromatic carbocycles. The van der Waals surface area contributed by atoms with Crippen LogP contribution in [0.3, 0.4) is 0 Å². The number of alkyl halides is 2. The Kier molecular flexibility index (Phi) is 3.14. The number of carboxylic acid groups (broad SMARTS) is 1. The number of hydrogen-bond donors (Lipinski definition) is 1. The fourth-order valence-corrected chi connectivity index (χ4v) is 1.84. The number of carboxylic acids is 1. The molecule has 6 nitrogen and oxygen atoms in total. The van der Waals surface area contributed by atoms with Gasteiger partial charge in [-0.3, -0.25) is 0 Å². The van der Waals surface area contributed by atoms with Gasteiger partial charge in [0, 0.05) is 5.23 Å². The number of hydrogen-bond acceptors (Lipinski definition) is 5. The molecule has 19 heavy (non-hydrogen) atoms. The Bertz CT molecular complexity index is 535. The van der Waals surface area contributed by atoms with Crippen molar-refractivity contribution in [1.29, 1.82) is 0 Å². The minimum atomic E-state index is -4.24. The second kappa shape index (κ2) is 4.50. The molecule has 102 valence electrons. The van der Waals surface area contributed by atoms with E-state index >= 15 is 0 Å². The largest absolute Gasteiger partial charge is 0.478 e. The highest BCUT2D eigenvalue weighted by atomic mass is 19.3. The normalized spacial score (nSPS) is 19.1. The second-order valence-electron chi connectivity index (χ2n) is 3.69. The van der Waals surface area contributed by atoms with E-state index < -0.39 is 22.8 Å². The van der Waals surface area contributed by atoms with E-state index in [-0.39, 0.29) is 17.8 Å². The van der Waals surface area contributed by atoms with Gasteiger partial charge in [-0.2, -0.15) is 8.78 Å². The van der Waals surface area contributed by atoms with Crippen molar-refractivity contribution in [3.8, 4) is 0 Å². The van der Waals surface area contributed by atoms with Gasteiger partial charge in [0.1, 0.15) is 11.9 Å². The topological polar surface area (TPSA) is 69.6 Å². The fourth-order valence-electron chi connectivity index (χ4n) is 1.84. The Balaban J connectivity index is 2.59. The van der Waals surface area contributed by atoms with E-state index in [1.807, 2.05) is 0 Å². The molecular weight excluding hydrogens is 265 g/mol. The molecule has 0 spiro atoms. The van der Waals surface area contributed by atoms with Crippen LogP contribution in [0.1, 0.15) is 13.3 Å². The van der Waals surface area contributed by atoms with Gasteiger partial charge in [0.05, 0.1) is 23.8 Å². The number of rotatable bonds is 3. The van der Waals surface area contributed by atoms with E-state index in [1.165, 1.54) is 6.92 Å². The van der Waals surface area contributed by atoms with Gasteiger partial charge in [-0.25, -0.2) is 19.8 Å². The maximum atomic E-state index is 13.7. The molecule has 1 aliphatic heterocycles. The molecular formula is C10H9F3N4O2. The predicted octanol–water partition coefficient (Wildman–Crippen LogP) is 1.74.